The SMILES string of the molecule is C=C(OCC)c1ccc(N)c([N+](=O)[O-])c1. The van der Waals surface area contributed by atoms with Gasteiger partial charge in [0.05, 0.1) is 11.5 Å². The number of anilines is 1. The summed E-state index contributed by atoms with van der Waals surface area (Å²) in [4.78, 5) is 10.1. The van der Waals surface area contributed by atoms with Gasteiger partial charge in [-0.05, 0) is 19.1 Å². The number of nitrogens with two attached hydrogens (primary N) is 1. The lowest BCUT2D eigenvalue weighted by atomic mass is 10.1. The van der Waals surface area contributed by atoms with E-state index in [0.29, 0.717) is 17.9 Å². The summed E-state index contributed by atoms with van der Waals surface area (Å²) in [6.45, 7) is 5.94. The van der Waals surface area contributed by atoms with E-state index in [9.17, 15) is 10.1 Å². The van der Waals surface area contributed by atoms with Crippen LogP contribution < -0.4 is 5.73 Å². The van der Waals surface area contributed by atoms with Crippen molar-refractivity contribution in [1.82, 2.24) is 0 Å². The van der Waals surface area contributed by atoms with Crippen LogP contribution in [0.5, 0.6) is 0 Å². The molecule has 1 aromatic carbocycles. The molecule has 1 rings (SSSR count). The van der Waals surface area contributed by atoms with Gasteiger partial charge in [0.2, 0.25) is 0 Å². The molecule has 0 fully saturated rings. The van der Waals surface area contributed by atoms with Crippen molar-refractivity contribution in [2.45, 2.75) is 6.92 Å². The molecule has 2 N–H and O–H groups in total. The molecule has 5 heteroatoms. The first-order chi connectivity index (χ1) is 7.06. The van der Waals surface area contributed by atoms with E-state index in [1.807, 2.05) is 6.92 Å². The van der Waals surface area contributed by atoms with Crippen molar-refractivity contribution in [3.8, 4) is 0 Å². The van der Waals surface area contributed by atoms with Crippen molar-refractivity contribution in [3.63, 3.8) is 0 Å². The maximum Gasteiger partial charge on any atom is 0.292 e. The fourth-order valence-corrected chi connectivity index (χ4v) is 1.13. The van der Waals surface area contributed by atoms with E-state index in [4.69, 9.17) is 10.5 Å². The Hall–Kier alpha value is -2.04. The fourth-order valence-electron chi connectivity index (χ4n) is 1.13. The van der Waals surface area contributed by atoms with Gasteiger partial charge in [0, 0.05) is 11.6 Å². The van der Waals surface area contributed by atoms with E-state index >= 15 is 0 Å². The number of nitro benzene ring substituents is 1. The highest BCUT2D eigenvalue weighted by Crippen LogP contribution is 2.25. The quantitative estimate of drug-likeness (QED) is 0.356. The first kappa shape index (κ1) is 11.0. The Labute approximate surface area is 87.3 Å². The molecular weight excluding hydrogens is 196 g/mol. The van der Waals surface area contributed by atoms with E-state index in [-0.39, 0.29) is 11.4 Å². The zero-order valence-corrected chi connectivity index (χ0v) is 8.40. The second-order valence-electron chi connectivity index (χ2n) is 2.89. The standard InChI is InChI=1S/C10H12N2O3/c1-3-15-7(2)8-4-5-9(11)10(6-8)12(13)14/h4-6H,2-3,11H2,1H3. The molecule has 80 valence electrons. The number of hydrogen-bond donors (Lipinski definition) is 1. The third-order valence-corrected chi connectivity index (χ3v) is 1.87. The number of benzene rings is 1. The Morgan fingerprint density at radius 2 is 2.33 bits per heavy atom. The van der Waals surface area contributed by atoms with Gasteiger partial charge >= 0.3 is 0 Å². The highest BCUT2D eigenvalue weighted by molar-refractivity contribution is 5.67. The first-order valence-corrected chi connectivity index (χ1v) is 4.42. The maximum atomic E-state index is 10.6. The molecule has 15 heavy (non-hydrogen) atoms. The van der Waals surface area contributed by atoms with E-state index in [1.54, 1.807) is 6.07 Å². The molecule has 0 radical (unpaired) electrons. The summed E-state index contributed by atoms with van der Waals surface area (Å²) in [6.07, 6.45) is 0. The van der Waals surface area contributed by atoms with Crippen molar-refractivity contribution in [1.29, 1.82) is 0 Å². The third kappa shape index (κ3) is 2.46. The predicted octanol–water partition coefficient (Wildman–Crippen LogP) is 2.18. The monoisotopic (exact) mass is 208 g/mol. The van der Waals surface area contributed by atoms with Crippen LogP contribution in [0.2, 0.25) is 0 Å². The Kier molecular flexibility index (Phi) is 3.28. The highest BCUT2D eigenvalue weighted by atomic mass is 16.6. The van der Waals surface area contributed by atoms with E-state index in [1.165, 1.54) is 12.1 Å². The van der Waals surface area contributed by atoms with Crippen molar-refractivity contribution < 1.29 is 9.66 Å². The Morgan fingerprint density at radius 1 is 1.67 bits per heavy atom. The summed E-state index contributed by atoms with van der Waals surface area (Å²) in [5.41, 5.74) is 6.02. The number of rotatable bonds is 4. The Bertz CT molecular complexity index is 402. The maximum absolute atomic E-state index is 10.6. The normalized spacial score (nSPS) is 9.67. The van der Waals surface area contributed by atoms with Gasteiger partial charge in [-0.25, -0.2) is 0 Å². The summed E-state index contributed by atoms with van der Waals surface area (Å²) < 4.78 is 5.14. The zero-order valence-electron chi connectivity index (χ0n) is 8.40. The van der Waals surface area contributed by atoms with Crippen LogP contribution in [0.15, 0.2) is 24.8 Å². The van der Waals surface area contributed by atoms with Crippen molar-refractivity contribution in [3.05, 3.63) is 40.5 Å². The minimum absolute atomic E-state index is 0.131. The van der Waals surface area contributed by atoms with Gasteiger partial charge in [0.1, 0.15) is 11.4 Å². The molecule has 0 saturated carbocycles. The molecule has 0 atom stereocenters. The predicted molar refractivity (Wildman–Crippen MR) is 58.2 cm³/mol. The molecule has 0 unspecified atom stereocenters. The van der Waals surface area contributed by atoms with Gasteiger partial charge in [-0.15, -0.1) is 0 Å². The average molecular weight is 208 g/mol. The molecule has 0 aliphatic heterocycles. The van der Waals surface area contributed by atoms with Gasteiger partial charge < -0.3 is 10.5 Å². The molecular formula is C10H12N2O3. The van der Waals surface area contributed by atoms with Crippen LogP contribution in [0.25, 0.3) is 5.76 Å². The Balaban J connectivity index is 3.07. The van der Waals surface area contributed by atoms with Crippen molar-refractivity contribution in [2.75, 3.05) is 12.3 Å². The second-order valence-corrected chi connectivity index (χ2v) is 2.89. The number of nitro groups is 1. The molecule has 0 amide bonds. The fraction of sp³-hybridized carbons (Fsp3) is 0.200. The van der Waals surface area contributed by atoms with E-state index in [2.05, 4.69) is 6.58 Å². The second kappa shape index (κ2) is 4.45. The van der Waals surface area contributed by atoms with Crippen molar-refractivity contribution in [2.24, 2.45) is 0 Å². The minimum atomic E-state index is -0.530. The lowest BCUT2D eigenvalue weighted by molar-refractivity contribution is -0.383. The molecule has 0 aliphatic carbocycles. The van der Waals surface area contributed by atoms with Gasteiger partial charge in [0.25, 0.3) is 5.69 Å². The van der Waals surface area contributed by atoms with Gasteiger partial charge in [-0.2, -0.15) is 0 Å². The lowest BCUT2D eigenvalue weighted by Crippen LogP contribution is -1.97. The summed E-state index contributed by atoms with van der Waals surface area (Å²) in [7, 11) is 0. The molecule has 0 aliphatic rings. The first-order valence-electron chi connectivity index (χ1n) is 4.42. The van der Waals surface area contributed by atoms with Gasteiger partial charge in [-0.1, -0.05) is 6.58 Å². The topological polar surface area (TPSA) is 78.4 Å². The van der Waals surface area contributed by atoms with Crippen LogP contribution in [-0.4, -0.2) is 11.5 Å². The third-order valence-electron chi connectivity index (χ3n) is 1.87. The van der Waals surface area contributed by atoms with Crippen LogP contribution in [0.3, 0.4) is 0 Å². The number of nitrogen functional groups attached to an aromatic ring is 1. The largest absolute Gasteiger partial charge is 0.494 e. The van der Waals surface area contributed by atoms with Crippen LogP contribution in [0.4, 0.5) is 11.4 Å². The molecule has 0 heterocycles. The van der Waals surface area contributed by atoms with Crippen LogP contribution >= 0.6 is 0 Å². The number of nitrogens with zero attached hydrogens (tertiary/aromatic N) is 1. The van der Waals surface area contributed by atoms with Crippen LogP contribution in [0, 0.1) is 10.1 Å². The highest BCUT2D eigenvalue weighted by Gasteiger charge is 2.13. The molecule has 0 aromatic heterocycles. The number of ether oxygens (including phenoxy) is 1. The summed E-state index contributed by atoms with van der Waals surface area (Å²) in [5, 5.41) is 10.6. The average Bonchev–Trinajstić information content (AvgIpc) is 2.18. The summed E-state index contributed by atoms with van der Waals surface area (Å²) in [5.74, 6) is 0.403. The molecule has 0 spiro atoms. The summed E-state index contributed by atoms with van der Waals surface area (Å²) in [6, 6.07) is 4.46. The van der Waals surface area contributed by atoms with E-state index < -0.39 is 4.92 Å². The summed E-state index contributed by atoms with van der Waals surface area (Å²) >= 11 is 0. The molecule has 0 bridgehead atoms. The molecule has 5 nitrogen and oxygen atoms in total. The van der Waals surface area contributed by atoms with Crippen molar-refractivity contribution >= 4 is 17.1 Å². The van der Waals surface area contributed by atoms with Gasteiger partial charge in [0.15, 0.2) is 0 Å². The molecule has 0 saturated heterocycles. The lowest BCUT2D eigenvalue weighted by Gasteiger charge is -2.07. The van der Waals surface area contributed by atoms with Crippen LogP contribution in [-0.2, 0) is 4.74 Å². The smallest absolute Gasteiger partial charge is 0.292 e. The van der Waals surface area contributed by atoms with Gasteiger partial charge in [-0.3, -0.25) is 10.1 Å². The minimum Gasteiger partial charge on any atom is -0.494 e. The van der Waals surface area contributed by atoms with E-state index in [0.717, 1.165) is 0 Å². The Morgan fingerprint density at radius 3 is 2.87 bits per heavy atom. The molecule has 1 aromatic rings. The number of hydrogen-bond acceptors (Lipinski definition) is 4. The zero-order chi connectivity index (χ0) is 11.4. The van der Waals surface area contributed by atoms with Crippen LogP contribution in [0.1, 0.15) is 12.5 Å².